The highest BCUT2D eigenvalue weighted by Crippen LogP contribution is 2.28. The molecule has 0 saturated carbocycles. The molecule has 35 heavy (non-hydrogen) atoms. The van der Waals surface area contributed by atoms with Gasteiger partial charge in [0.1, 0.15) is 22.3 Å². The molecule has 4 aromatic carbocycles. The van der Waals surface area contributed by atoms with Crippen molar-refractivity contribution in [2.75, 3.05) is 5.32 Å². The Morgan fingerprint density at radius 2 is 1.63 bits per heavy atom. The van der Waals surface area contributed by atoms with Gasteiger partial charge in [-0.05, 0) is 53.2 Å². The van der Waals surface area contributed by atoms with Crippen LogP contribution in [0.4, 0.5) is 5.69 Å². The van der Waals surface area contributed by atoms with Gasteiger partial charge in [0.2, 0.25) is 0 Å². The minimum Gasteiger partial charge on any atom is -0.378 e. The summed E-state index contributed by atoms with van der Waals surface area (Å²) in [5.41, 5.74) is 0.162. The van der Waals surface area contributed by atoms with Gasteiger partial charge >= 0.3 is 10.1 Å². The highest BCUT2D eigenvalue weighted by atomic mass is 35.5. The molecule has 0 saturated heterocycles. The molecule has 6 nitrogen and oxygen atoms in total. The molecule has 0 unspecified atom stereocenters. The highest BCUT2D eigenvalue weighted by molar-refractivity contribution is 7.87. The lowest BCUT2D eigenvalue weighted by Crippen LogP contribution is -2.14. The smallest absolute Gasteiger partial charge is 0.339 e. The second-order valence-electron chi connectivity index (χ2n) is 7.33. The summed E-state index contributed by atoms with van der Waals surface area (Å²) in [6, 6.07) is 24.5. The fraction of sp³-hybridized carbons (Fsp3) is 0. The van der Waals surface area contributed by atoms with E-state index in [1.807, 2.05) is 24.3 Å². The molecule has 4 rings (SSSR count). The van der Waals surface area contributed by atoms with Crippen LogP contribution in [0.1, 0.15) is 5.56 Å². The minimum absolute atomic E-state index is 0.0242. The molecule has 4 aromatic rings. The third-order valence-electron chi connectivity index (χ3n) is 4.97. The van der Waals surface area contributed by atoms with E-state index in [1.54, 1.807) is 30.3 Å². The summed E-state index contributed by atoms with van der Waals surface area (Å²) in [6.45, 7) is 0. The van der Waals surface area contributed by atoms with Gasteiger partial charge in [-0.2, -0.15) is 13.7 Å². The van der Waals surface area contributed by atoms with Crippen LogP contribution in [0.5, 0.6) is 5.75 Å². The molecule has 0 bridgehead atoms. The molecule has 0 aliphatic carbocycles. The van der Waals surface area contributed by atoms with Crippen molar-refractivity contribution in [1.29, 1.82) is 5.26 Å². The van der Waals surface area contributed by atoms with Crippen molar-refractivity contribution in [2.45, 2.75) is 4.90 Å². The van der Waals surface area contributed by atoms with Crippen LogP contribution in [-0.2, 0) is 14.9 Å². The Bertz CT molecular complexity index is 1630. The van der Waals surface area contributed by atoms with E-state index < -0.39 is 16.0 Å². The zero-order valence-corrected chi connectivity index (χ0v) is 20.2. The van der Waals surface area contributed by atoms with Crippen LogP contribution in [-0.4, -0.2) is 14.3 Å². The average molecular weight is 523 g/mol. The summed E-state index contributed by atoms with van der Waals surface area (Å²) < 4.78 is 31.4. The number of amides is 1. The topological polar surface area (TPSA) is 96.3 Å². The van der Waals surface area contributed by atoms with E-state index in [2.05, 4.69) is 5.32 Å². The molecule has 0 spiro atoms. The third-order valence-corrected chi connectivity index (χ3v) is 6.76. The summed E-state index contributed by atoms with van der Waals surface area (Å²) in [6.07, 6.45) is 1.24. The fourth-order valence-corrected chi connectivity index (χ4v) is 4.58. The number of carbonyl (C=O) groups is 1. The van der Waals surface area contributed by atoms with Gasteiger partial charge < -0.3 is 9.50 Å². The predicted octanol–water partition coefficient (Wildman–Crippen LogP) is 6.46. The first-order chi connectivity index (χ1) is 16.8. The molecule has 1 N–H and O–H groups in total. The van der Waals surface area contributed by atoms with Crippen LogP contribution in [0.25, 0.3) is 16.8 Å². The van der Waals surface area contributed by atoms with Crippen molar-refractivity contribution < 1.29 is 17.4 Å². The van der Waals surface area contributed by atoms with Gasteiger partial charge in [-0.15, -0.1) is 0 Å². The molecule has 0 radical (unpaired) electrons. The zero-order valence-electron chi connectivity index (χ0n) is 17.9. The maximum absolute atomic E-state index is 13.0. The van der Waals surface area contributed by atoms with Crippen molar-refractivity contribution in [3.63, 3.8) is 0 Å². The number of hydrogen-bond donors (Lipinski definition) is 1. The van der Waals surface area contributed by atoms with Crippen molar-refractivity contribution in [3.05, 3.63) is 106 Å². The second-order valence-corrected chi connectivity index (χ2v) is 9.72. The number of nitrogens with one attached hydrogen (secondary N) is 1. The number of fused-ring (bicyclic) bond motifs is 1. The SMILES string of the molecule is N#C/C(=C/c1ccccc1OS(=O)(=O)c1ccc2ccccc2c1)C(=O)Nc1cc(Cl)ccc1Cl. The maximum atomic E-state index is 13.0. The summed E-state index contributed by atoms with van der Waals surface area (Å²) in [5, 5.41) is 14.3. The Morgan fingerprint density at radius 1 is 0.914 bits per heavy atom. The molecule has 0 aliphatic rings. The number of hydrogen-bond acceptors (Lipinski definition) is 5. The van der Waals surface area contributed by atoms with Gasteiger partial charge in [0.15, 0.2) is 0 Å². The highest BCUT2D eigenvalue weighted by Gasteiger charge is 2.20. The molecule has 0 aromatic heterocycles. The number of benzene rings is 4. The Balaban J connectivity index is 1.64. The quantitative estimate of drug-likeness (QED) is 0.178. The summed E-state index contributed by atoms with van der Waals surface area (Å²) >= 11 is 12.0. The number of nitrogens with zero attached hydrogens (tertiary/aromatic N) is 1. The lowest BCUT2D eigenvalue weighted by atomic mass is 10.1. The Hall–Kier alpha value is -3.83. The lowest BCUT2D eigenvalue weighted by Gasteiger charge is -2.11. The van der Waals surface area contributed by atoms with Gasteiger partial charge in [0.05, 0.1) is 10.7 Å². The van der Waals surface area contributed by atoms with Crippen LogP contribution >= 0.6 is 23.2 Å². The second kappa shape index (κ2) is 10.2. The van der Waals surface area contributed by atoms with Gasteiger partial charge in [-0.1, -0.05) is 71.7 Å². The van der Waals surface area contributed by atoms with E-state index >= 15 is 0 Å². The first-order valence-electron chi connectivity index (χ1n) is 10.2. The summed E-state index contributed by atoms with van der Waals surface area (Å²) in [5.74, 6) is -0.786. The van der Waals surface area contributed by atoms with E-state index in [1.165, 1.54) is 42.5 Å². The minimum atomic E-state index is -4.19. The average Bonchev–Trinajstić information content (AvgIpc) is 2.85. The summed E-state index contributed by atoms with van der Waals surface area (Å²) in [4.78, 5) is 12.7. The van der Waals surface area contributed by atoms with Crippen molar-refractivity contribution >= 4 is 61.8 Å². The van der Waals surface area contributed by atoms with Gasteiger partial charge in [-0.25, -0.2) is 0 Å². The van der Waals surface area contributed by atoms with E-state index in [-0.39, 0.29) is 32.5 Å². The normalized spacial score (nSPS) is 11.6. The lowest BCUT2D eigenvalue weighted by molar-refractivity contribution is -0.112. The van der Waals surface area contributed by atoms with E-state index in [9.17, 15) is 18.5 Å². The first-order valence-corrected chi connectivity index (χ1v) is 12.3. The predicted molar refractivity (Wildman–Crippen MR) is 137 cm³/mol. The van der Waals surface area contributed by atoms with E-state index in [0.29, 0.717) is 5.02 Å². The molecule has 0 heterocycles. The van der Waals surface area contributed by atoms with Crippen LogP contribution in [0, 0.1) is 11.3 Å². The monoisotopic (exact) mass is 522 g/mol. The summed E-state index contributed by atoms with van der Waals surface area (Å²) in [7, 11) is -4.19. The Morgan fingerprint density at radius 3 is 2.40 bits per heavy atom. The van der Waals surface area contributed by atoms with E-state index in [4.69, 9.17) is 27.4 Å². The maximum Gasteiger partial charge on any atom is 0.339 e. The molecule has 9 heteroatoms. The van der Waals surface area contributed by atoms with Crippen molar-refractivity contribution in [1.82, 2.24) is 0 Å². The number of carbonyl (C=O) groups excluding carboxylic acids is 1. The van der Waals surface area contributed by atoms with Crippen LogP contribution in [0.3, 0.4) is 0 Å². The fourth-order valence-electron chi connectivity index (χ4n) is 3.25. The van der Waals surface area contributed by atoms with Gasteiger partial charge in [0.25, 0.3) is 5.91 Å². The molecule has 1 amide bonds. The molecular weight excluding hydrogens is 507 g/mol. The molecule has 0 atom stereocenters. The molecule has 0 aliphatic heterocycles. The first kappa shape index (κ1) is 24.3. The van der Waals surface area contributed by atoms with Crippen molar-refractivity contribution in [2.24, 2.45) is 0 Å². The molecule has 0 fully saturated rings. The number of para-hydroxylation sites is 1. The van der Waals surface area contributed by atoms with Gasteiger partial charge in [0, 0.05) is 10.6 Å². The van der Waals surface area contributed by atoms with Crippen LogP contribution in [0.2, 0.25) is 10.0 Å². The standard InChI is InChI=1S/C26H16Cl2N2O4S/c27-21-10-12-23(28)24(15-21)30-26(31)20(16-29)13-19-7-3-4-8-25(19)34-35(32,33)22-11-9-17-5-1-2-6-18(17)14-22/h1-15H,(H,30,31)/b20-13-. The van der Waals surface area contributed by atoms with Crippen LogP contribution < -0.4 is 9.50 Å². The van der Waals surface area contributed by atoms with Gasteiger partial charge in [-0.3, -0.25) is 4.79 Å². The number of anilines is 1. The zero-order chi connectivity index (χ0) is 25.0. The molecule has 174 valence electrons. The number of nitriles is 1. The number of rotatable bonds is 6. The third kappa shape index (κ3) is 5.64. The number of halogens is 2. The van der Waals surface area contributed by atoms with E-state index in [0.717, 1.165) is 10.8 Å². The molecular formula is C26H16Cl2N2O4S. The van der Waals surface area contributed by atoms with Crippen molar-refractivity contribution in [3.8, 4) is 11.8 Å². The van der Waals surface area contributed by atoms with Crippen LogP contribution in [0.15, 0.2) is 95.4 Å². The largest absolute Gasteiger partial charge is 0.378 e. The Labute approximate surface area is 212 Å². The Kier molecular flexibility index (Phi) is 7.08.